The van der Waals surface area contributed by atoms with Gasteiger partial charge < -0.3 is 4.74 Å². The number of carbonyl (C=O) groups excluding carboxylic acids is 2. The molecule has 2 heterocycles. The van der Waals surface area contributed by atoms with Gasteiger partial charge in [-0.25, -0.2) is 28.1 Å². The molecule has 1 unspecified atom stereocenters. The van der Waals surface area contributed by atoms with Gasteiger partial charge in [0.15, 0.2) is 0 Å². The van der Waals surface area contributed by atoms with E-state index in [9.17, 15) is 18.0 Å². The second-order valence-corrected chi connectivity index (χ2v) is 9.55. The number of aryl methyl sites for hydroxylation is 1. The van der Waals surface area contributed by atoms with Crippen LogP contribution in [0.15, 0.2) is 35.6 Å². The third-order valence-corrected chi connectivity index (χ3v) is 4.99. The normalized spacial score (nSPS) is 16.8. The first kappa shape index (κ1) is 19.9. The van der Waals surface area contributed by atoms with E-state index in [1.54, 1.807) is 52.0 Å². The topological polar surface area (TPSA) is 107 Å². The molecular formula is C19H21N3O5S. The summed E-state index contributed by atoms with van der Waals surface area (Å²) in [5.74, 6) is -0.520. The monoisotopic (exact) mass is 403 g/mol. The van der Waals surface area contributed by atoms with Crippen LogP contribution in [-0.4, -0.2) is 47.1 Å². The first-order valence-electron chi connectivity index (χ1n) is 8.59. The Hall–Kier alpha value is -2.81. The molecule has 0 saturated heterocycles. The number of ether oxygens (including phenoxy) is 1. The predicted octanol–water partition coefficient (Wildman–Crippen LogP) is 2.67. The number of imide groups is 1. The summed E-state index contributed by atoms with van der Waals surface area (Å²) in [5, 5.41) is -0.367. The molecule has 0 bridgehead atoms. The lowest BCUT2D eigenvalue weighted by atomic mass is 10.00. The third-order valence-electron chi connectivity index (χ3n) is 4.13. The van der Waals surface area contributed by atoms with Crippen molar-refractivity contribution in [3.63, 3.8) is 0 Å². The van der Waals surface area contributed by atoms with Gasteiger partial charge in [0.2, 0.25) is 15.0 Å². The Morgan fingerprint density at radius 1 is 1.21 bits per heavy atom. The maximum absolute atomic E-state index is 13.0. The van der Waals surface area contributed by atoms with Gasteiger partial charge in [-0.05, 0) is 44.9 Å². The summed E-state index contributed by atoms with van der Waals surface area (Å²) in [6.07, 6.45) is 1.55. The number of hydrogen-bond donors (Lipinski definition) is 0. The summed E-state index contributed by atoms with van der Waals surface area (Å²) in [6.45, 7) is 6.79. The van der Waals surface area contributed by atoms with E-state index in [1.807, 2.05) is 0 Å². The molecule has 1 aromatic carbocycles. The fraction of sp³-hybridized carbons (Fsp3) is 0.368. The molecule has 1 aromatic heterocycles. The largest absolute Gasteiger partial charge is 0.443 e. The highest BCUT2D eigenvalue weighted by Crippen LogP contribution is 2.39. The maximum Gasteiger partial charge on any atom is 0.418 e. The van der Waals surface area contributed by atoms with Crippen LogP contribution in [0.5, 0.6) is 0 Å². The highest BCUT2D eigenvalue weighted by molar-refractivity contribution is 7.90. The molecule has 2 amide bonds. The Morgan fingerprint density at radius 2 is 1.86 bits per heavy atom. The molecule has 0 aliphatic carbocycles. The number of fused-ring (bicyclic) bond motifs is 1. The number of nitrogens with zero attached hydrogens (tertiary/aromatic N) is 3. The Balaban J connectivity index is 2.20. The molecule has 0 spiro atoms. The summed E-state index contributed by atoms with van der Waals surface area (Å²) < 4.78 is 29.3. The van der Waals surface area contributed by atoms with E-state index in [1.165, 1.54) is 6.20 Å². The first-order valence-corrected chi connectivity index (χ1v) is 10.5. The highest BCUT2D eigenvalue weighted by Gasteiger charge is 2.45. The molecule has 0 fully saturated rings. The summed E-state index contributed by atoms with van der Waals surface area (Å²) in [7, 11) is -3.67. The molecule has 28 heavy (non-hydrogen) atoms. The van der Waals surface area contributed by atoms with E-state index in [0.29, 0.717) is 16.7 Å². The van der Waals surface area contributed by atoms with Crippen molar-refractivity contribution in [2.45, 2.75) is 44.5 Å². The molecule has 9 heteroatoms. The van der Waals surface area contributed by atoms with Crippen molar-refractivity contribution in [3.8, 4) is 0 Å². The number of carbonyl (C=O) groups is 2. The number of aromatic nitrogens is 2. The minimum absolute atomic E-state index is 0.264. The Morgan fingerprint density at radius 3 is 2.46 bits per heavy atom. The van der Waals surface area contributed by atoms with Gasteiger partial charge in [0.05, 0.1) is 5.69 Å². The van der Waals surface area contributed by atoms with E-state index in [4.69, 9.17) is 4.74 Å². The average molecular weight is 403 g/mol. The molecule has 0 radical (unpaired) electrons. The van der Waals surface area contributed by atoms with Gasteiger partial charge in [-0.3, -0.25) is 4.79 Å². The molecule has 1 aliphatic rings. The molecule has 8 nitrogen and oxygen atoms in total. The summed E-state index contributed by atoms with van der Waals surface area (Å²) in [5.41, 5.74) is 0.905. The Bertz CT molecular complexity index is 1070. The fourth-order valence-corrected chi connectivity index (χ4v) is 3.49. The molecule has 3 rings (SSSR count). The standard InChI is InChI=1S/C19H21N3O5S/c1-11-10-20-17(28(5,25)26)21-14(11)15-12-8-6-7-9-13(12)16(23)22(15)18(24)27-19(2,3)4/h6-10,15H,1-5H3. The van der Waals surface area contributed by atoms with Crippen molar-refractivity contribution in [2.24, 2.45) is 0 Å². The van der Waals surface area contributed by atoms with E-state index >= 15 is 0 Å². The van der Waals surface area contributed by atoms with Crippen molar-refractivity contribution in [3.05, 3.63) is 52.8 Å². The zero-order chi connectivity index (χ0) is 20.9. The summed E-state index contributed by atoms with van der Waals surface area (Å²) in [4.78, 5) is 34.8. The fourth-order valence-electron chi connectivity index (χ4n) is 2.98. The zero-order valence-electron chi connectivity index (χ0n) is 16.3. The van der Waals surface area contributed by atoms with Crippen molar-refractivity contribution < 1.29 is 22.7 Å². The molecular weight excluding hydrogens is 382 g/mol. The second kappa shape index (κ2) is 6.66. The molecule has 0 N–H and O–H groups in total. The van der Waals surface area contributed by atoms with Gasteiger partial charge in [0, 0.05) is 18.0 Å². The Labute approximate surface area is 163 Å². The average Bonchev–Trinajstić information content (AvgIpc) is 2.86. The van der Waals surface area contributed by atoms with Crippen LogP contribution >= 0.6 is 0 Å². The van der Waals surface area contributed by atoms with Gasteiger partial charge in [-0.15, -0.1) is 0 Å². The van der Waals surface area contributed by atoms with Crippen molar-refractivity contribution >= 4 is 21.8 Å². The predicted molar refractivity (Wildman–Crippen MR) is 101 cm³/mol. The zero-order valence-corrected chi connectivity index (χ0v) is 17.1. The van der Waals surface area contributed by atoms with Gasteiger partial charge >= 0.3 is 6.09 Å². The molecule has 0 saturated carbocycles. The number of hydrogen-bond acceptors (Lipinski definition) is 7. The van der Waals surface area contributed by atoms with E-state index in [-0.39, 0.29) is 10.9 Å². The van der Waals surface area contributed by atoms with Crippen LogP contribution in [0, 0.1) is 6.92 Å². The number of benzene rings is 1. The van der Waals surface area contributed by atoms with Crippen LogP contribution in [0.3, 0.4) is 0 Å². The van der Waals surface area contributed by atoms with Crippen molar-refractivity contribution in [2.75, 3.05) is 6.26 Å². The lowest BCUT2D eigenvalue weighted by Gasteiger charge is -2.28. The lowest BCUT2D eigenvalue weighted by molar-refractivity contribution is 0.0212. The maximum atomic E-state index is 13.0. The molecule has 148 valence electrons. The van der Waals surface area contributed by atoms with E-state index in [0.717, 1.165) is 11.2 Å². The number of sulfone groups is 1. The highest BCUT2D eigenvalue weighted by atomic mass is 32.2. The van der Waals surface area contributed by atoms with Gasteiger partial charge in [0.25, 0.3) is 5.91 Å². The van der Waals surface area contributed by atoms with E-state index < -0.39 is 33.5 Å². The van der Waals surface area contributed by atoms with Crippen LogP contribution in [0.25, 0.3) is 0 Å². The smallest absolute Gasteiger partial charge is 0.418 e. The minimum Gasteiger partial charge on any atom is -0.443 e. The third kappa shape index (κ3) is 3.62. The van der Waals surface area contributed by atoms with E-state index in [2.05, 4.69) is 9.97 Å². The van der Waals surface area contributed by atoms with Crippen molar-refractivity contribution in [1.82, 2.24) is 14.9 Å². The summed E-state index contributed by atoms with van der Waals surface area (Å²) in [6, 6.07) is 5.86. The quantitative estimate of drug-likeness (QED) is 0.710. The molecule has 2 aromatic rings. The first-order chi connectivity index (χ1) is 12.9. The van der Waals surface area contributed by atoms with Crippen LogP contribution < -0.4 is 0 Å². The molecule has 1 atom stereocenters. The minimum atomic E-state index is -3.67. The van der Waals surface area contributed by atoms with Crippen LogP contribution in [-0.2, 0) is 14.6 Å². The lowest BCUT2D eigenvalue weighted by Crippen LogP contribution is -2.40. The van der Waals surface area contributed by atoms with Crippen molar-refractivity contribution in [1.29, 1.82) is 0 Å². The number of amides is 2. The van der Waals surface area contributed by atoms with Crippen LogP contribution in [0.2, 0.25) is 0 Å². The Kier molecular flexibility index (Phi) is 4.74. The number of rotatable bonds is 2. The van der Waals surface area contributed by atoms with Gasteiger partial charge in [-0.1, -0.05) is 18.2 Å². The summed E-state index contributed by atoms with van der Waals surface area (Å²) >= 11 is 0. The van der Waals surface area contributed by atoms with Crippen LogP contribution in [0.4, 0.5) is 4.79 Å². The van der Waals surface area contributed by atoms with Gasteiger partial charge in [-0.2, -0.15) is 0 Å². The van der Waals surface area contributed by atoms with Crippen LogP contribution in [0.1, 0.15) is 54.0 Å². The van der Waals surface area contributed by atoms with Gasteiger partial charge in [0.1, 0.15) is 11.6 Å². The SMILES string of the molecule is Cc1cnc(S(C)(=O)=O)nc1C1c2ccccc2C(=O)N1C(=O)OC(C)(C)C. The second-order valence-electron chi connectivity index (χ2n) is 7.64. The molecule has 1 aliphatic heterocycles.